The number of para-hydroxylation sites is 2. The van der Waals surface area contributed by atoms with E-state index in [-0.39, 0.29) is 0 Å². The molecule has 0 saturated carbocycles. The molecule has 1 heterocycles. The number of nitrogens with one attached hydrogen (secondary N) is 1. The van der Waals surface area contributed by atoms with Crippen LogP contribution < -0.4 is 10.1 Å². The van der Waals surface area contributed by atoms with Crippen molar-refractivity contribution in [3.05, 3.63) is 83.4 Å². The summed E-state index contributed by atoms with van der Waals surface area (Å²) >= 11 is 0. The van der Waals surface area contributed by atoms with Gasteiger partial charge in [0.2, 0.25) is 11.8 Å². The fourth-order valence-corrected chi connectivity index (χ4v) is 3.00. The van der Waals surface area contributed by atoms with E-state index in [2.05, 4.69) is 21.4 Å². The summed E-state index contributed by atoms with van der Waals surface area (Å²) in [6.45, 7) is 4.03. The molecule has 0 fully saturated rings. The monoisotopic (exact) mass is 366 g/mol. The first-order valence-electron chi connectivity index (χ1n) is 8.92. The highest BCUT2D eigenvalue weighted by Gasteiger charge is 2.12. The molecule has 0 atom stereocenters. The minimum atomic E-state index is 0.435. The Morgan fingerprint density at radius 3 is 2.29 bits per heavy atom. The van der Waals surface area contributed by atoms with E-state index in [0.29, 0.717) is 17.4 Å². The molecule has 1 N–H and O–H groups in total. The molecule has 5 heteroatoms. The fraction of sp³-hybridized carbons (Fsp3) is 0.0870. The second-order valence-electron chi connectivity index (χ2n) is 6.51. The normalized spacial score (nSPS) is 10.5. The van der Waals surface area contributed by atoms with Crippen LogP contribution in [0.5, 0.6) is 11.6 Å². The molecule has 136 valence electrons. The van der Waals surface area contributed by atoms with Crippen LogP contribution in [0.15, 0.2) is 66.7 Å². The van der Waals surface area contributed by atoms with Gasteiger partial charge in [0.15, 0.2) is 0 Å². The van der Waals surface area contributed by atoms with Crippen LogP contribution in [0, 0.1) is 25.2 Å². The summed E-state index contributed by atoms with van der Waals surface area (Å²) in [5, 5.41) is 13.0. The van der Waals surface area contributed by atoms with Crippen LogP contribution >= 0.6 is 0 Å². The van der Waals surface area contributed by atoms with Gasteiger partial charge >= 0.3 is 0 Å². The highest BCUT2D eigenvalue weighted by molar-refractivity contribution is 5.85. The summed E-state index contributed by atoms with van der Waals surface area (Å²) in [7, 11) is 0. The minimum absolute atomic E-state index is 0.435. The lowest BCUT2D eigenvalue weighted by Crippen LogP contribution is -2.01. The molecule has 0 spiro atoms. The fourth-order valence-electron chi connectivity index (χ4n) is 3.00. The predicted octanol–water partition coefficient (Wildman–Crippen LogP) is 5.65. The number of aromatic nitrogens is 2. The van der Waals surface area contributed by atoms with Crippen molar-refractivity contribution in [1.82, 2.24) is 9.97 Å². The van der Waals surface area contributed by atoms with Crippen molar-refractivity contribution in [1.29, 1.82) is 5.26 Å². The number of rotatable bonds is 4. The Bertz CT molecular complexity index is 1170. The lowest BCUT2D eigenvalue weighted by Gasteiger charge is -2.14. The van der Waals surface area contributed by atoms with Crippen LogP contribution in [0.4, 0.5) is 11.6 Å². The lowest BCUT2D eigenvalue weighted by molar-refractivity contribution is 0.462. The number of anilines is 2. The van der Waals surface area contributed by atoms with Gasteiger partial charge in [0.25, 0.3) is 0 Å². The Morgan fingerprint density at radius 2 is 1.57 bits per heavy atom. The molecule has 0 aliphatic carbocycles. The molecule has 0 radical (unpaired) electrons. The smallest absolute Gasteiger partial charge is 0.232 e. The van der Waals surface area contributed by atoms with Gasteiger partial charge in [0.05, 0.1) is 22.5 Å². The van der Waals surface area contributed by atoms with Gasteiger partial charge in [0.1, 0.15) is 5.75 Å². The predicted molar refractivity (Wildman–Crippen MR) is 110 cm³/mol. The topological polar surface area (TPSA) is 70.8 Å². The van der Waals surface area contributed by atoms with Gasteiger partial charge in [-0.1, -0.05) is 30.3 Å². The Labute approximate surface area is 163 Å². The maximum Gasteiger partial charge on any atom is 0.232 e. The van der Waals surface area contributed by atoms with Crippen LogP contribution in [0.25, 0.3) is 10.9 Å². The Hall–Kier alpha value is -3.91. The molecule has 4 rings (SSSR count). The number of nitrogens with zero attached hydrogens (tertiary/aromatic N) is 3. The van der Waals surface area contributed by atoms with Gasteiger partial charge in [-0.05, 0) is 61.4 Å². The summed E-state index contributed by atoms with van der Waals surface area (Å²) in [6.07, 6.45) is 0. The summed E-state index contributed by atoms with van der Waals surface area (Å²) < 4.78 is 6.23. The molecular formula is C23H18N4O. The maximum absolute atomic E-state index is 8.95. The molecule has 28 heavy (non-hydrogen) atoms. The minimum Gasteiger partial charge on any atom is -0.438 e. The first kappa shape index (κ1) is 17.5. The van der Waals surface area contributed by atoms with Gasteiger partial charge in [-0.2, -0.15) is 10.2 Å². The number of nitriles is 1. The van der Waals surface area contributed by atoms with Gasteiger partial charge < -0.3 is 10.1 Å². The van der Waals surface area contributed by atoms with Crippen LogP contribution in [0.2, 0.25) is 0 Å². The third kappa shape index (κ3) is 3.49. The standard InChI is InChI=1S/C23H18N4O/c1-15-6-5-7-16(2)21(15)28-22-19-8-3-4-9-20(19)26-23(27-22)25-18-12-10-17(14-24)11-13-18/h3-13H,1-2H3,(H,25,26,27). The zero-order valence-electron chi connectivity index (χ0n) is 15.6. The molecule has 0 bridgehead atoms. The first-order valence-corrected chi connectivity index (χ1v) is 8.92. The Kier molecular flexibility index (Phi) is 4.61. The first-order chi connectivity index (χ1) is 13.6. The quantitative estimate of drug-likeness (QED) is 0.505. The van der Waals surface area contributed by atoms with Gasteiger partial charge in [-0.25, -0.2) is 4.98 Å². The van der Waals surface area contributed by atoms with E-state index in [1.807, 2.05) is 68.4 Å². The van der Waals surface area contributed by atoms with Crippen molar-refractivity contribution in [2.24, 2.45) is 0 Å². The summed E-state index contributed by atoms with van der Waals surface area (Å²) in [5.41, 5.74) is 4.28. The van der Waals surface area contributed by atoms with Crippen LogP contribution in [-0.2, 0) is 0 Å². The molecule has 4 aromatic rings. The molecule has 0 amide bonds. The number of aryl methyl sites for hydroxylation is 2. The van der Waals surface area contributed by atoms with E-state index < -0.39 is 0 Å². The number of fused-ring (bicyclic) bond motifs is 1. The Balaban J connectivity index is 1.76. The van der Waals surface area contributed by atoms with E-state index in [0.717, 1.165) is 33.5 Å². The molecule has 0 aliphatic heterocycles. The highest BCUT2D eigenvalue weighted by Crippen LogP contribution is 2.32. The number of hydrogen-bond donors (Lipinski definition) is 1. The van der Waals surface area contributed by atoms with Crippen molar-refractivity contribution in [2.45, 2.75) is 13.8 Å². The largest absolute Gasteiger partial charge is 0.438 e. The Morgan fingerprint density at radius 1 is 0.857 bits per heavy atom. The number of ether oxygens (including phenoxy) is 1. The van der Waals surface area contributed by atoms with Crippen molar-refractivity contribution in [2.75, 3.05) is 5.32 Å². The number of hydrogen-bond acceptors (Lipinski definition) is 5. The summed E-state index contributed by atoms with van der Waals surface area (Å²) in [4.78, 5) is 9.20. The van der Waals surface area contributed by atoms with Crippen LogP contribution in [0.1, 0.15) is 16.7 Å². The van der Waals surface area contributed by atoms with Gasteiger partial charge in [0, 0.05) is 5.69 Å². The lowest BCUT2D eigenvalue weighted by atomic mass is 10.1. The van der Waals surface area contributed by atoms with Crippen molar-refractivity contribution < 1.29 is 4.74 Å². The van der Waals surface area contributed by atoms with E-state index >= 15 is 0 Å². The van der Waals surface area contributed by atoms with E-state index in [1.165, 1.54) is 0 Å². The highest BCUT2D eigenvalue weighted by atomic mass is 16.5. The molecule has 3 aromatic carbocycles. The molecule has 0 saturated heterocycles. The average Bonchev–Trinajstić information content (AvgIpc) is 2.71. The molecule has 1 aromatic heterocycles. The second kappa shape index (κ2) is 7.37. The summed E-state index contributed by atoms with van der Waals surface area (Å²) in [6, 6.07) is 23.0. The average molecular weight is 366 g/mol. The van der Waals surface area contributed by atoms with Crippen molar-refractivity contribution in [3.63, 3.8) is 0 Å². The van der Waals surface area contributed by atoms with E-state index in [1.54, 1.807) is 12.1 Å². The SMILES string of the molecule is Cc1cccc(C)c1Oc1nc(Nc2ccc(C#N)cc2)nc2ccccc12. The van der Waals surface area contributed by atoms with Gasteiger partial charge in [-0.15, -0.1) is 0 Å². The molecule has 0 aliphatic rings. The zero-order chi connectivity index (χ0) is 19.5. The second-order valence-corrected chi connectivity index (χ2v) is 6.51. The molecule has 5 nitrogen and oxygen atoms in total. The zero-order valence-corrected chi connectivity index (χ0v) is 15.6. The third-order valence-electron chi connectivity index (χ3n) is 4.45. The van der Waals surface area contributed by atoms with Crippen molar-refractivity contribution >= 4 is 22.5 Å². The summed E-state index contributed by atoms with van der Waals surface area (Å²) in [5.74, 6) is 1.74. The number of benzene rings is 3. The molecule has 0 unspecified atom stereocenters. The van der Waals surface area contributed by atoms with E-state index in [9.17, 15) is 0 Å². The third-order valence-corrected chi connectivity index (χ3v) is 4.45. The van der Waals surface area contributed by atoms with Crippen molar-refractivity contribution in [3.8, 4) is 17.7 Å². The van der Waals surface area contributed by atoms with Crippen LogP contribution in [-0.4, -0.2) is 9.97 Å². The van der Waals surface area contributed by atoms with Crippen LogP contribution in [0.3, 0.4) is 0 Å². The molecular weight excluding hydrogens is 348 g/mol. The van der Waals surface area contributed by atoms with Gasteiger partial charge in [-0.3, -0.25) is 0 Å². The maximum atomic E-state index is 8.95. The van der Waals surface area contributed by atoms with E-state index in [4.69, 9.17) is 10.00 Å².